The van der Waals surface area contributed by atoms with Crippen LogP contribution in [0.3, 0.4) is 0 Å². The topological polar surface area (TPSA) is 157 Å². The number of anilines is 2. The number of thioether (sulfide) groups is 1. The zero-order valence-electron chi connectivity index (χ0n) is 19.5. The van der Waals surface area contributed by atoms with Crippen molar-refractivity contribution in [1.82, 2.24) is 24.9 Å². The summed E-state index contributed by atoms with van der Waals surface area (Å²) in [4.78, 5) is 23.9. The van der Waals surface area contributed by atoms with Gasteiger partial charge in [0, 0.05) is 13.2 Å². The van der Waals surface area contributed by atoms with E-state index in [2.05, 4.69) is 35.2 Å². The van der Waals surface area contributed by atoms with E-state index in [-0.39, 0.29) is 29.2 Å². The van der Waals surface area contributed by atoms with Gasteiger partial charge in [-0.05, 0) is 19.1 Å². The third-order valence-corrected chi connectivity index (χ3v) is 6.45. The number of alkyl halides is 2. The molecule has 0 saturated carbocycles. The summed E-state index contributed by atoms with van der Waals surface area (Å²) in [5.41, 5.74) is 5.24. The highest BCUT2D eigenvalue weighted by atomic mass is 32.2. The van der Waals surface area contributed by atoms with Crippen LogP contribution in [0.5, 0.6) is 5.88 Å². The van der Waals surface area contributed by atoms with Gasteiger partial charge in [-0.3, -0.25) is 4.99 Å². The number of halogens is 3. The molecule has 4 N–H and O–H groups in total. The van der Waals surface area contributed by atoms with Gasteiger partial charge in [0.05, 0.1) is 42.0 Å². The molecule has 0 radical (unpaired) electrons. The van der Waals surface area contributed by atoms with Gasteiger partial charge in [-0.1, -0.05) is 11.8 Å². The lowest BCUT2D eigenvalue weighted by Gasteiger charge is -2.35. The Hall–Kier alpha value is -3.98. The van der Waals surface area contributed by atoms with Crippen molar-refractivity contribution in [3.05, 3.63) is 60.6 Å². The Bertz CT molecular complexity index is 1420. The van der Waals surface area contributed by atoms with E-state index < -0.39 is 28.8 Å². The smallest absolute Gasteiger partial charge is 0.294 e. The SMILES string of the molecule is CN=C(N)S[C@@](C)(CO)C(F)(F)c1cc(Nc2nccc3nc(OCc4ncco4)cnc23)cnc1F. The van der Waals surface area contributed by atoms with Crippen LogP contribution in [-0.2, 0) is 12.5 Å². The van der Waals surface area contributed by atoms with Crippen LogP contribution >= 0.6 is 11.8 Å². The molecule has 4 aromatic rings. The molecular weight excluding hydrogens is 513 g/mol. The number of nitrogens with one attached hydrogen (secondary N) is 1. The average molecular weight is 535 g/mol. The zero-order valence-corrected chi connectivity index (χ0v) is 20.3. The molecule has 4 aromatic heterocycles. The molecule has 0 spiro atoms. The van der Waals surface area contributed by atoms with Crippen LogP contribution in [0.1, 0.15) is 18.4 Å². The van der Waals surface area contributed by atoms with Gasteiger partial charge in [0.2, 0.25) is 17.7 Å². The Balaban J connectivity index is 1.62. The number of oxazole rings is 1. The van der Waals surface area contributed by atoms with Gasteiger partial charge in [-0.2, -0.15) is 13.2 Å². The minimum absolute atomic E-state index is 0.00418. The summed E-state index contributed by atoms with van der Waals surface area (Å²) in [6.07, 6.45) is 6.71. The molecule has 0 aliphatic heterocycles. The van der Waals surface area contributed by atoms with Gasteiger partial charge < -0.3 is 25.3 Å². The lowest BCUT2D eigenvalue weighted by atomic mass is 9.96. The maximum Gasteiger partial charge on any atom is 0.294 e. The number of hydrogen-bond donors (Lipinski definition) is 3. The maximum absolute atomic E-state index is 15.5. The first-order valence-electron chi connectivity index (χ1n) is 10.6. The van der Waals surface area contributed by atoms with E-state index in [1.165, 1.54) is 31.9 Å². The highest BCUT2D eigenvalue weighted by Crippen LogP contribution is 2.48. The highest BCUT2D eigenvalue weighted by molar-refractivity contribution is 8.15. The Labute approximate surface area is 212 Å². The molecular formula is C22H21F3N8O3S. The minimum atomic E-state index is -3.89. The van der Waals surface area contributed by atoms with Gasteiger partial charge in [0.25, 0.3) is 5.92 Å². The molecule has 0 bridgehead atoms. The molecule has 0 amide bonds. The molecule has 0 aliphatic carbocycles. The number of nitrogens with two attached hydrogens (primary N) is 1. The monoisotopic (exact) mass is 534 g/mol. The number of pyridine rings is 2. The van der Waals surface area contributed by atoms with Crippen molar-refractivity contribution in [2.45, 2.75) is 24.2 Å². The first kappa shape index (κ1) is 26.1. The van der Waals surface area contributed by atoms with Crippen LogP contribution in [0, 0.1) is 5.95 Å². The fourth-order valence-corrected chi connectivity index (χ4v) is 4.04. The molecule has 0 aromatic carbocycles. The van der Waals surface area contributed by atoms with Gasteiger partial charge in [0.15, 0.2) is 17.6 Å². The molecule has 0 unspecified atom stereocenters. The normalized spacial score (nSPS) is 13.9. The van der Waals surface area contributed by atoms with E-state index in [9.17, 15) is 9.50 Å². The maximum atomic E-state index is 15.5. The van der Waals surface area contributed by atoms with E-state index in [4.69, 9.17) is 14.9 Å². The summed E-state index contributed by atoms with van der Waals surface area (Å²) in [7, 11) is 1.32. The number of aliphatic hydroxyl groups excluding tert-OH is 1. The van der Waals surface area contributed by atoms with Crippen LogP contribution < -0.4 is 15.8 Å². The molecule has 0 aliphatic rings. The lowest BCUT2D eigenvalue weighted by Crippen LogP contribution is -2.46. The lowest BCUT2D eigenvalue weighted by molar-refractivity contribution is -0.0594. The average Bonchev–Trinajstić information content (AvgIpc) is 3.42. The number of ether oxygens (including phenoxy) is 1. The number of fused-ring (bicyclic) bond motifs is 1. The van der Waals surface area contributed by atoms with E-state index in [1.807, 2.05) is 0 Å². The molecule has 0 saturated heterocycles. The van der Waals surface area contributed by atoms with Crippen molar-refractivity contribution in [2.75, 3.05) is 19.0 Å². The molecule has 0 fully saturated rings. The van der Waals surface area contributed by atoms with Gasteiger partial charge in [-0.15, -0.1) is 0 Å². The molecule has 37 heavy (non-hydrogen) atoms. The fraction of sp³-hybridized carbons (Fsp3) is 0.273. The molecule has 11 nitrogen and oxygen atoms in total. The van der Waals surface area contributed by atoms with Crippen LogP contribution in [-0.4, -0.2) is 53.6 Å². The Kier molecular flexibility index (Phi) is 7.45. The second kappa shape index (κ2) is 10.6. The largest absolute Gasteiger partial charge is 0.467 e. The molecule has 4 rings (SSSR count). The van der Waals surface area contributed by atoms with Crippen molar-refractivity contribution in [1.29, 1.82) is 0 Å². The van der Waals surface area contributed by atoms with Crippen molar-refractivity contribution < 1.29 is 27.4 Å². The minimum Gasteiger partial charge on any atom is -0.467 e. The molecule has 15 heteroatoms. The Morgan fingerprint density at radius 3 is 2.76 bits per heavy atom. The predicted molar refractivity (Wildman–Crippen MR) is 130 cm³/mol. The van der Waals surface area contributed by atoms with Crippen LogP contribution in [0.2, 0.25) is 0 Å². The van der Waals surface area contributed by atoms with Gasteiger partial charge in [-0.25, -0.2) is 24.9 Å². The van der Waals surface area contributed by atoms with Crippen molar-refractivity contribution >= 4 is 39.5 Å². The van der Waals surface area contributed by atoms with E-state index in [0.717, 1.165) is 19.2 Å². The zero-order chi connectivity index (χ0) is 26.6. The first-order valence-corrected chi connectivity index (χ1v) is 11.4. The van der Waals surface area contributed by atoms with Crippen LogP contribution in [0.25, 0.3) is 11.0 Å². The standard InChI is InChI=1S/C22H21F3N8O3S/c1-21(11-34,37-20(26)27-2)22(24,25)13-7-12(8-31-18(13)23)32-19-17-14(3-4-29-19)33-15(9-30-17)36-10-16-28-5-6-35-16/h3-9,34H,10-11H2,1-2H3,(H2,26,27)(H,29,32)/t21-/m0/s1. The van der Waals surface area contributed by atoms with Gasteiger partial charge >= 0.3 is 0 Å². The second-order valence-corrected chi connectivity index (χ2v) is 9.29. The number of amidine groups is 1. The summed E-state index contributed by atoms with van der Waals surface area (Å²) >= 11 is 0.434. The third kappa shape index (κ3) is 5.41. The Morgan fingerprint density at radius 1 is 1.24 bits per heavy atom. The second-order valence-electron chi connectivity index (χ2n) is 7.76. The van der Waals surface area contributed by atoms with Crippen molar-refractivity contribution in [2.24, 2.45) is 10.7 Å². The van der Waals surface area contributed by atoms with Gasteiger partial charge in [0.1, 0.15) is 16.5 Å². The molecule has 4 heterocycles. The van der Waals surface area contributed by atoms with Crippen LogP contribution in [0.15, 0.2) is 52.6 Å². The Morgan fingerprint density at radius 2 is 2.05 bits per heavy atom. The van der Waals surface area contributed by atoms with E-state index in [0.29, 0.717) is 28.7 Å². The quantitative estimate of drug-likeness (QED) is 0.164. The predicted octanol–water partition coefficient (Wildman–Crippen LogP) is 3.39. The first-order chi connectivity index (χ1) is 17.7. The fourth-order valence-electron chi connectivity index (χ4n) is 3.18. The summed E-state index contributed by atoms with van der Waals surface area (Å²) in [5, 5.41) is 12.4. The summed E-state index contributed by atoms with van der Waals surface area (Å²) in [6, 6.07) is 2.47. The molecule has 1 atom stereocenters. The third-order valence-electron chi connectivity index (χ3n) is 5.22. The van der Waals surface area contributed by atoms with E-state index in [1.54, 1.807) is 6.07 Å². The number of aliphatic hydroxyl groups is 1. The summed E-state index contributed by atoms with van der Waals surface area (Å²) in [6.45, 7) is 0.0833. The number of aromatic nitrogens is 5. The number of nitrogens with zero attached hydrogens (tertiary/aromatic N) is 6. The number of aliphatic imine (C=N–C) groups is 1. The van der Waals surface area contributed by atoms with Crippen LogP contribution in [0.4, 0.5) is 24.7 Å². The number of rotatable bonds is 9. The van der Waals surface area contributed by atoms with E-state index >= 15 is 8.78 Å². The summed E-state index contributed by atoms with van der Waals surface area (Å²) < 4.78 is 53.9. The highest BCUT2D eigenvalue weighted by Gasteiger charge is 2.54. The summed E-state index contributed by atoms with van der Waals surface area (Å²) in [5.74, 6) is -4.58. The number of hydrogen-bond acceptors (Lipinski definition) is 11. The molecule has 194 valence electrons. The van der Waals surface area contributed by atoms with Crippen molar-refractivity contribution in [3.63, 3.8) is 0 Å². The van der Waals surface area contributed by atoms with Crippen molar-refractivity contribution in [3.8, 4) is 5.88 Å².